The van der Waals surface area contributed by atoms with Crippen molar-refractivity contribution in [3.8, 4) is 5.75 Å². The number of carbonyl (C=O) groups is 1. The number of benzene rings is 1. The summed E-state index contributed by atoms with van der Waals surface area (Å²) in [6, 6.07) is 4.37. The van der Waals surface area contributed by atoms with E-state index < -0.39 is 0 Å². The molecule has 0 saturated heterocycles. The van der Waals surface area contributed by atoms with Crippen LogP contribution in [0, 0.1) is 5.92 Å². The number of phenolic OH excluding ortho intramolecular Hbond substituents is 1. The number of halogens is 1. The van der Waals surface area contributed by atoms with Gasteiger partial charge in [0, 0.05) is 6.54 Å². The number of hydrogen-bond donors (Lipinski definition) is 2. The van der Waals surface area contributed by atoms with Crippen molar-refractivity contribution < 1.29 is 9.90 Å². The van der Waals surface area contributed by atoms with Crippen LogP contribution in [0.5, 0.6) is 5.75 Å². The number of hydrogen-bond acceptors (Lipinski definition) is 2. The van der Waals surface area contributed by atoms with Crippen molar-refractivity contribution in [3.05, 3.63) is 28.8 Å². The van der Waals surface area contributed by atoms with E-state index in [1.807, 2.05) is 0 Å². The number of rotatable bonds is 3. The lowest BCUT2D eigenvalue weighted by Gasteiger charge is -2.25. The van der Waals surface area contributed by atoms with Gasteiger partial charge in [0.15, 0.2) is 0 Å². The SMILES string of the molecule is O=C(NCC1CCC1)c1cc(O)ccc1Cl. The van der Waals surface area contributed by atoms with Gasteiger partial charge in [-0.1, -0.05) is 18.0 Å². The fourth-order valence-electron chi connectivity index (χ4n) is 1.72. The highest BCUT2D eigenvalue weighted by molar-refractivity contribution is 6.33. The molecule has 4 heteroatoms. The molecule has 16 heavy (non-hydrogen) atoms. The molecule has 0 radical (unpaired) electrons. The van der Waals surface area contributed by atoms with Crippen LogP contribution in [0.4, 0.5) is 0 Å². The highest BCUT2D eigenvalue weighted by atomic mass is 35.5. The Balaban J connectivity index is 1.99. The van der Waals surface area contributed by atoms with Crippen LogP contribution in [0.2, 0.25) is 5.02 Å². The lowest BCUT2D eigenvalue weighted by molar-refractivity contribution is 0.0939. The van der Waals surface area contributed by atoms with Gasteiger partial charge in [0.1, 0.15) is 5.75 Å². The lowest BCUT2D eigenvalue weighted by atomic mass is 9.85. The van der Waals surface area contributed by atoms with Crippen molar-refractivity contribution in [2.24, 2.45) is 5.92 Å². The van der Waals surface area contributed by atoms with Crippen LogP contribution in [-0.4, -0.2) is 17.6 Å². The summed E-state index contributed by atoms with van der Waals surface area (Å²) in [5.41, 5.74) is 0.334. The highest BCUT2D eigenvalue weighted by Crippen LogP contribution is 2.26. The summed E-state index contributed by atoms with van der Waals surface area (Å²) in [5.74, 6) is 0.450. The van der Waals surface area contributed by atoms with E-state index in [1.165, 1.54) is 37.5 Å². The van der Waals surface area contributed by atoms with Crippen LogP contribution in [0.15, 0.2) is 18.2 Å². The normalized spacial score (nSPS) is 15.6. The van der Waals surface area contributed by atoms with Crippen molar-refractivity contribution in [1.29, 1.82) is 0 Å². The molecular weight excluding hydrogens is 226 g/mol. The van der Waals surface area contributed by atoms with Gasteiger partial charge in [0.05, 0.1) is 10.6 Å². The third-order valence-corrected chi connectivity index (χ3v) is 3.30. The molecule has 86 valence electrons. The van der Waals surface area contributed by atoms with Crippen molar-refractivity contribution in [3.63, 3.8) is 0 Å². The van der Waals surface area contributed by atoms with Crippen LogP contribution in [0.3, 0.4) is 0 Å². The summed E-state index contributed by atoms with van der Waals surface area (Å²) in [7, 11) is 0. The van der Waals surface area contributed by atoms with Gasteiger partial charge in [-0.2, -0.15) is 0 Å². The second-order valence-electron chi connectivity index (χ2n) is 4.17. The average molecular weight is 240 g/mol. The maximum atomic E-state index is 11.8. The monoisotopic (exact) mass is 239 g/mol. The van der Waals surface area contributed by atoms with Crippen molar-refractivity contribution >= 4 is 17.5 Å². The molecule has 0 atom stereocenters. The second kappa shape index (κ2) is 4.74. The van der Waals surface area contributed by atoms with E-state index in [1.54, 1.807) is 0 Å². The molecule has 1 amide bonds. The molecule has 2 N–H and O–H groups in total. The topological polar surface area (TPSA) is 49.3 Å². The molecule has 1 aromatic rings. The van der Waals surface area contributed by atoms with Gasteiger partial charge in [-0.3, -0.25) is 4.79 Å². The molecule has 1 saturated carbocycles. The molecule has 1 aromatic carbocycles. The lowest BCUT2D eigenvalue weighted by Crippen LogP contribution is -2.32. The van der Waals surface area contributed by atoms with Crippen LogP contribution in [0.1, 0.15) is 29.6 Å². The summed E-state index contributed by atoms with van der Waals surface area (Å²) in [6.07, 6.45) is 3.63. The summed E-state index contributed by atoms with van der Waals surface area (Å²) in [4.78, 5) is 11.8. The van der Waals surface area contributed by atoms with Gasteiger partial charge in [-0.05, 0) is 37.0 Å². The first-order valence-electron chi connectivity index (χ1n) is 5.43. The van der Waals surface area contributed by atoms with Gasteiger partial charge in [-0.15, -0.1) is 0 Å². The summed E-state index contributed by atoms with van der Waals surface area (Å²) < 4.78 is 0. The summed E-state index contributed by atoms with van der Waals surface area (Å²) >= 11 is 5.88. The van der Waals surface area contributed by atoms with E-state index in [2.05, 4.69) is 5.32 Å². The van der Waals surface area contributed by atoms with Gasteiger partial charge < -0.3 is 10.4 Å². The Morgan fingerprint density at radius 2 is 2.25 bits per heavy atom. The predicted octanol–water partition coefficient (Wildman–Crippen LogP) is 2.58. The van der Waals surface area contributed by atoms with E-state index in [0.717, 1.165) is 0 Å². The van der Waals surface area contributed by atoms with Gasteiger partial charge in [-0.25, -0.2) is 0 Å². The van der Waals surface area contributed by atoms with Crippen molar-refractivity contribution in [2.45, 2.75) is 19.3 Å². The zero-order valence-corrected chi connectivity index (χ0v) is 9.63. The van der Waals surface area contributed by atoms with Gasteiger partial charge in [0.25, 0.3) is 5.91 Å². The summed E-state index contributed by atoms with van der Waals surface area (Å²) in [6.45, 7) is 0.699. The number of nitrogens with one attached hydrogen (secondary N) is 1. The molecule has 0 aliphatic heterocycles. The van der Waals surface area contributed by atoms with E-state index in [0.29, 0.717) is 23.0 Å². The Hall–Kier alpha value is -1.22. The van der Waals surface area contributed by atoms with E-state index >= 15 is 0 Å². The molecule has 1 aliphatic carbocycles. The number of amides is 1. The molecule has 0 aromatic heterocycles. The Morgan fingerprint density at radius 1 is 1.50 bits per heavy atom. The second-order valence-corrected chi connectivity index (χ2v) is 4.58. The molecule has 2 rings (SSSR count). The average Bonchev–Trinajstić information content (AvgIpc) is 2.19. The van der Waals surface area contributed by atoms with Crippen LogP contribution in [-0.2, 0) is 0 Å². The molecule has 0 spiro atoms. The van der Waals surface area contributed by atoms with Gasteiger partial charge in [0.2, 0.25) is 0 Å². The van der Waals surface area contributed by atoms with E-state index in [4.69, 9.17) is 11.6 Å². The fraction of sp³-hybridized carbons (Fsp3) is 0.417. The number of phenols is 1. The van der Waals surface area contributed by atoms with E-state index in [-0.39, 0.29) is 11.7 Å². The minimum absolute atomic E-state index is 0.0539. The van der Waals surface area contributed by atoms with Crippen LogP contribution < -0.4 is 5.32 Å². The first-order chi connectivity index (χ1) is 7.66. The zero-order chi connectivity index (χ0) is 11.5. The smallest absolute Gasteiger partial charge is 0.252 e. The van der Waals surface area contributed by atoms with Crippen LogP contribution in [0.25, 0.3) is 0 Å². The maximum Gasteiger partial charge on any atom is 0.252 e. The first kappa shape index (κ1) is 11.3. The minimum Gasteiger partial charge on any atom is -0.508 e. The van der Waals surface area contributed by atoms with Crippen molar-refractivity contribution in [2.75, 3.05) is 6.54 Å². The van der Waals surface area contributed by atoms with Gasteiger partial charge >= 0.3 is 0 Å². The number of carbonyl (C=O) groups excluding carboxylic acids is 1. The first-order valence-corrected chi connectivity index (χ1v) is 5.81. The Kier molecular flexibility index (Phi) is 3.34. The maximum absolute atomic E-state index is 11.8. The Morgan fingerprint density at radius 3 is 2.88 bits per heavy atom. The minimum atomic E-state index is -0.215. The third kappa shape index (κ3) is 2.47. The molecule has 1 aliphatic rings. The largest absolute Gasteiger partial charge is 0.508 e. The molecule has 0 bridgehead atoms. The molecule has 0 heterocycles. The fourth-order valence-corrected chi connectivity index (χ4v) is 1.92. The van der Waals surface area contributed by atoms with E-state index in [9.17, 15) is 9.90 Å². The predicted molar refractivity (Wildman–Crippen MR) is 62.8 cm³/mol. The highest BCUT2D eigenvalue weighted by Gasteiger charge is 2.19. The van der Waals surface area contributed by atoms with Crippen LogP contribution >= 0.6 is 11.6 Å². The quantitative estimate of drug-likeness (QED) is 0.852. The molecule has 1 fully saturated rings. The Bertz CT molecular complexity index is 402. The molecule has 3 nitrogen and oxygen atoms in total. The zero-order valence-electron chi connectivity index (χ0n) is 8.87. The Labute approximate surface area is 99.4 Å². The summed E-state index contributed by atoms with van der Waals surface area (Å²) in [5, 5.41) is 12.5. The number of aromatic hydroxyl groups is 1. The third-order valence-electron chi connectivity index (χ3n) is 2.97. The molecular formula is C12H14ClNO2. The molecule has 0 unspecified atom stereocenters. The standard InChI is InChI=1S/C12H14ClNO2/c13-11-5-4-9(15)6-10(11)12(16)14-7-8-2-1-3-8/h4-6,8,15H,1-3,7H2,(H,14,16). The van der Waals surface area contributed by atoms with Crippen molar-refractivity contribution in [1.82, 2.24) is 5.32 Å².